The number of rotatable bonds is 5. The van der Waals surface area contributed by atoms with Crippen molar-refractivity contribution in [2.24, 2.45) is 0 Å². The van der Waals surface area contributed by atoms with E-state index >= 15 is 0 Å². The van der Waals surface area contributed by atoms with Gasteiger partial charge in [-0.2, -0.15) is 0 Å². The maximum absolute atomic E-state index is 13.3. The minimum atomic E-state index is -0.599. The fraction of sp³-hybridized carbons (Fsp3) is 0.143. The van der Waals surface area contributed by atoms with Crippen LogP contribution in [0.2, 0.25) is 0 Å². The van der Waals surface area contributed by atoms with Crippen LogP contribution in [0, 0.1) is 15.9 Å². The molecule has 104 valence electrons. The summed E-state index contributed by atoms with van der Waals surface area (Å²) >= 11 is 3.38. The van der Waals surface area contributed by atoms with Crippen LogP contribution >= 0.6 is 15.9 Å². The van der Waals surface area contributed by atoms with E-state index < -0.39 is 10.7 Å². The van der Waals surface area contributed by atoms with Gasteiger partial charge in [0.25, 0.3) is 5.69 Å². The number of hydrogen-bond acceptors (Lipinski definition) is 3. The van der Waals surface area contributed by atoms with Crippen molar-refractivity contribution in [3.05, 3.63) is 74.0 Å². The Morgan fingerprint density at radius 1 is 1.15 bits per heavy atom. The SMILES string of the molecule is O=[N+]([O-])c1cc(F)cc(CNCc2cccc(Br)c2)c1. The molecule has 2 aromatic rings. The van der Waals surface area contributed by atoms with Gasteiger partial charge in [-0.15, -0.1) is 0 Å². The van der Waals surface area contributed by atoms with Crippen molar-refractivity contribution in [3.63, 3.8) is 0 Å². The Labute approximate surface area is 123 Å². The molecule has 0 radical (unpaired) electrons. The molecule has 0 unspecified atom stereocenters. The number of benzene rings is 2. The molecule has 20 heavy (non-hydrogen) atoms. The lowest BCUT2D eigenvalue weighted by atomic mass is 10.2. The van der Waals surface area contributed by atoms with Crippen molar-refractivity contribution in [3.8, 4) is 0 Å². The zero-order chi connectivity index (χ0) is 14.5. The van der Waals surface area contributed by atoms with Crippen LogP contribution in [0.15, 0.2) is 46.9 Å². The highest BCUT2D eigenvalue weighted by molar-refractivity contribution is 9.10. The molecule has 2 rings (SSSR count). The number of hydrogen-bond donors (Lipinski definition) is 1. The number of halogens is 2. The summed E-state index contributed by atoms with van der Waals surface area (Å²) < 4.78 is 14.2. The number of non-ortho nitro benzene ring substituents is 1. The van der Waals surface area contributed by atoms with Gasteiger partial charge in [-0.1, -0.05) is 28.1 Å². The second-order valence-electron chi connectivity index (χ2n) is 4.31. The largest absolute Gasteiger partial charge is 0.309 e. The van der Waals surface area contributed by atoms with Crippen LogP contribution in [0.25, 0.3) is 0 Å². The first-order chi connectivity index (χ1) is 9.54. The van der Waals surface area contributed by atoms with Crippen molar-refractivity contribution in [1.82, 2.24) is 5.32 Å². The molecule has 0 heterocycles. The molecule has 0 spiro atoms. The first kappa shape index (κ1) is 14.6. The summed E-state index contributed by atoms with van der Waals surface area (Å²) in [7, 11) is 0. The Morgan fingerprint density at radius 3 is 2.60 bits per heavy atom. The average molecular weight is 339 g/mol. The molecule has 0 saturated heterocycles. The van der Waals surface area contributed by atoms with E-state index in [-0.39, 0.29) is 5.69 Å². The van der Waals surface area contributed by atoms with Gasteiger partial charge in [0.05, 0.1) is 11.0 Å². The van der Waals surface area contributed by atoms with Crippen LogP contribution < -0.4 is 5.32 Å². The van der Waals surface area contributed by atoms with Crippen LogP contribution in [0.4, 0.5) is 10.1 Å². The standard InChI is InChI=1S/C14H12BrFN2O2/c15-12-3-1-2-10(4-12)8-17-9-11-5-13(16)7-14(6-11)18(19)20/h1-7,17H,8-9H2. The second-order valence-corrected chi connectivity index (χ2v) is 5.22. The van der Waals surface area contributed by atoms with Gasteiger partial charge in [-0.25, -0.2) is 4.39 Å². The summed E-state index contributed by atoms with van der Waals surface area (Å²) in [6, 6.07) is 11.4. The highest BCUT2D eigenvalue weighted by Gasteiger charge is 2.09. The lowest BCUT2D eigenvalue weighted by Crippen LogP contribution is -2.13. The van der Waals surface area contributed by atoms with Gasteiger partial charge < -0.3 is 5.32 Å². The topological polar surface area (TPSA) is 55.2 Å². The van der Waals surface area contributed by atoms with E-state index in [2.05, 4.69) is 21.2 Å². The van der Waals surface area contributed by atoms with Crippen LogP contribution in [0.3, 0.4) is 0 Å². The fourth-order valence-electron chi connectivity index (χ4n) is 1.84. The van der Waals surface area contributed by atoms with Crippen LogP contribution in [-0.4, -0.2) is 4.92 Å². The third kappa shape index (κ3) is 4.11. The van der Waals surface area contributed by atoms with Gasteiger partial charge >= 0.3 is 0 Å². The van der Waals surface area contributed by atoms with Crippen molar-refractivity contribution in [1.29, 1.82) is 0 Å². The minimum Gasteiger partial charge on any atom is -0.309 e. The number of nitrogens with zero attached hydrogens (tertiary/aromatic N) is 1. The molecule has 1 N–H and O–H groups in total. The smallest absolute Gasteiger partial charge is 0.272 e. The van der Waals surface area contributed by atoms with Crippen molar-refractivity contribution < 1.29 is 9.31 Å². The van der Waals surface area contributed by atoms with E-state index in [1.165, 1.54) is 12.1 Å². The predicted molar refractivity (Wildman–Crippen MR) is 77.7 cm³/mol. The van der Waals surface area contributed by atoms with Crippen LogP contribution in [0.1, 0.15) is 11.1 Å². The lowest BCUT2D eigenvalue weighted by Gasteiger charge is -2.06. The van der Waals surface area contributed by atoms with Gasteiger partial charge in [0.1, 0.15) is 5.82 Å². The van der Waals surface area contributed by atoms with E-state index in [1.54, 1.807) is 0 Å². The van der Waals surface area contributed by atoms with Crippen molar-refractivity contribution in [2.45, 2.75) is 13.1 Å². The van der Waals surface area contributed by atoms with E-state index in [9.17, 15) is 14.5 Å². The monoisotopic (exact) mass is 338 g/mol. The number of nitrogens with one attached hydrogen (secondary N) is 1. The molecule has 0 aromatic heterocycles. The molecule has 0 saturated carbocycles. The van der Waals surface area contributed by atoms with Crippen LogP contribution in [0.5, 0.6) is 0 Å². The molecule has 0 atom stereocenters. The molecule has 6 heteroatoms. The predicted octanol–water partition coefficient (Wildman–Crippen LogP) is 3.79. The van der Waals surface area contributed by atoms with Crippen LogP contribution in [-0.2, 0) is 13.1 Å². The molecule has 4 nitrogen and oxygen atoms in total. The first-order valence-electron chi connectivity index (χ1n) is 5.93. The molecule has 2 aromatic carbocycles. The maximum Gasteiger partial charge on any atom is 0.272 e. The van der Waals surface area contributed by atoms with E-state index in [0.29, 0.717) is 18.7 Å². The summed E-state index contributed by atoms with van der Waals surface area (Å²) in [6.45, 7) is 0.967. The molecular formula is C14H12BrFN2O2. The molecule has 0 aliphatic carbocycles. The highest BCUT2D eigenvalue weighted by atomic mass is 79.9. The third-order valence-corrected chi connectivity index (χ3v) is 3.19. The average Bonchev–Trinajstić information content (AvgIpc) is 2.38. The molecule has 0 fully saturated rings. The molecule has 0 bridgehead atoms. The zero-order valence-corrected chi connectivity index (χ0v) is 12.1. The van der Waals surface area contributed by atoms with Crippen molar-refractivity contribution in [2.75, 3.05) is 0 Å². The lowest BCUT2D eigenvalue weighted by molar-refractivity contribution is -0.385. The Balaban J connectivity index is 1.99. The fourth-order valence-corrected chi connectivity index (χ4v) is 2.29. The van der Waals surface area contributed by atoms with Gasteiger partial charge in [0, 0.05) is 23.6 Å². The quantitative estimate of drug-likeness (QED) is 0.666. The Morgan fingerprint density at radius 2 is 1.90 bits per heavy atom. The summed E-state index contributed by atoms with van der Waals surface area (Å²) in [5.74, 6) is -0.599. The Kier molecular flexibility index (Phi) is 4.81. The Hall–Kier alpha value is -1.79. The maximum atomic E-state index is 13.3. The van der Waals surface area contributed by atoms with E-state index in [1.807, 2.05) is 24.3 Å². The molecular weight excluding hydrogens is 327 g/mol. The number of nitro benzene ring substituents is 1. The Bertz CT molecular complexity index is 634. The molecule has 0 aliphatic rings. The first-order valence-corrected chi connectivity index (χ1v) is 6.73. The third-order valence-electron chi connectivity index (χ3n) is 2.70. The summed E-state index contributed by atoms with van der Waals surface area (Å²) in [5, 5.41) is 13.8. The summed E-state index contributed by atoms with van der Waals surface area (Å²) in [6.07, 6.45) is 0. The molecule has 0 aliphatic heterocycles. The summed E-state index contributed by atoms with van der Waals surface area (Å²) in [4.78, 5) is 10.1. The highest BCUT2D eigenvalue weighted by Crippen LogP contribution is 2.16. The van der Waals surface area contributed by atoms with Gasteiger partial charge in [0.15, 0.2) is 0 Å². The molecule has 0 amide bonds. The van der Waals surface area contributed by atoms with E-state index in [0.717, 1.165) is 16.1 Å². The normalized spacial score (nSPS) is 10.5. The van der Waals surface area contributed by atoms with E-state index in [4.69, 9.17) is 0 Å². The number of nitro groups is 1. The van der Waals surface area contributed by atoms with Gasteiger partial charge in [-0.3, -0.25) is 10.1 Å². The van der Waals surface area contributed by atoms with Gasteiger partial charge in [-0.05, 0) is 29.3 Å². The second kappa shape index (κ2) is 6.58. The summed E-state index contributed by atoms with van der Waals surface area (Å²) in [5.41, 5.74) is 1.39. The van der Waals surface area contributed by atoms with Crippen molar-refractivity contribution >= 4 is 21.6 Å². The zero-order valence-electron chi connectivity index (χ0n) is 10.5. The minimum absolute atomic E-state index is 0.232. The van der Waals surface area contributed by atoms with Gasteiger partial charge in [0.2, 0.25) is 0 Å².